The molecule has 1 atom stereocenters. The number of aliphatic hydroxyl groups excluding tert-OH is 1. The van der Waals surface area contributed by atoms with E-state index in [0.29, 0.717) is 0 Å². The standard InChI is InChI=1S/C8H16O3/c1-6(5-9)7(10)11-8(2,3)4/h6,9H,5H2,1-4H3/t6-/m1/s1. The Balaban J connectivity index is 3.88. The van der Waals surface area contributed by atoms with E-state index in [0.717, 1.165) is 0 Å². The lowest BCUT2D eigenvalue weighted by atomic mass is 10.1. The van der Waals surface area contributed by atoms with Gasteiger partial charge in [-0.1, -0.05) is 0 Å². The van der Waals surface area contributed by atoms with Crippen LogP contribution >= 0.6 is 0 Å². The van der Waals surface area contributed by atoms with Crippen LogP contribution in [-0.4, -0.2) is 23.3 Å². The zero-order valence-electron chi connectivity index (χ0n) is 7.55. The molecule has 0 fully saturated rings. The van der Waals surface area contributed by atoms with Crippen molar-refractivity contribution in [2.75, 3.05) is 6.61 Å². The third-order valence-corrected chi connectivity index (χ3v) is 1.08. The molecule has 0 rings (SSSR count). The minimum absolute atomic E-state index is 0.158. The van der Waals surface area contributed by atoms with Crippen molar-refractivity contribution >= 4 is 5.97 Å². The van der Waals surface area contributed by atoms with Gasteiger partial charge in [-0.25, -0.2) is 0 Å². The first-order valence-corrected chi connectivity index (χ1v) is 3.70. The van der Waals surface area contributed by atoms with Crippen LogP contribution in [-0.2, 0) is 9.53 Å². The van der Waals surface area contributed by atoms with Crippen LogP contribution < -0.4 is 0 Å². The molecule has 0 bridgehead atoms. The Labute approximate surface area is 67.4 Å². The highest BCUT2D eigenvalue weighted by atomic mass is 16.6. The van der Waals surface area contributed by atoms with Crippen LogP contribution in [0.4, 0.5) is 0 Å². The molecule has 1 N–H and O–H groups in total. The Bertz CT molecular complexity index is 135. The number of carbonyl (C=O) groups is 1. The summed E-state index contributed by atoms with van der Waals surface area (Å²) in [6.45, 7) is 6.88. The van der Waals surface area contributed by atoms with Crippen molar-refractivity contribution in [2.24, 2.45) is 5.92 Å². The lowest BCUT2D eigenvalue weighted by Gasteiger charge is -2.21. The van der Waals surface area contributed by atoms with Gasteiger partial charge < -0.3 is 9.84 Å². The summed E-state index contributed by atoms with van der Waals surface area (Å²) < 4.78 is 4.99. The summed E-state index contributed by atoms with van der Waals surface area (Å²) in [4.78, 5) is 11.0. The molecule has 0 aromatic rings. The van der Waals surface area contributed by atoms with Gasteiger partial charge in [0.15, 0.2) is 0 Å². The van der Waals surface area contributed by atoms with E-state index in [4.69, 9.17) is 9.84 Å². The highest BCUT2D eigenvalue weighted by Crippen LogP contribution is 2.10. The molecule has 0 aromatic carbocycles. The van der Waals surface area contributed by atoms with Crippen LogP contribution in [0.3, 0.4) is 0 Å². The summed E-state index contributed by atoms with van der Waals surface area (Å²) in [5.74, 6) is -0.769. The van der Waals surface area contributed by atoms with Crippen LogP contribution in [0.1, 0.15) is 27.7 Å². The molecule has 0 aromatic heterocycles. The molecular formula is C8H16O3. The first-order chi connectivity index (χ1) is 4.87. The molecule has 0 aliphatic rings. The smallest absolute Gasteiger partial charge is 0.311 e. The maximum atomic E-state index is 11.0. The van der Waals surface area contributed by atoms with Crippen LogP contribution in [0.25, 0.3) is 0 Å². The molecule has 3 heteroatoms. The number of esters is 1. The Hall–Kier alpha value is -0.570. The Kier molecular flexibility index (Phi) is 3.52. The number of rotatable bonds is 2. The van der Waals surface area contributed by atoms with Gasteiger partial charge in [-0.2, -0.15) is 0 Å². The van der Waals surface area contributed by atoms with Crippen molar-refractivity contribution in [1.82, 2.24) is 0 Å². The van der Waals surface area contributed by atoms with Gasteiger partial charge in [0.1, 0.15) is 5.60 Å². The topological polar surface area (TPSA) is 46.5 Å². The first kappa shape index (κ1) is 10.4. The normalized spacial score (nSPS) is 14.3. The van der Waals surface area contributed by atoms with Crippen molar-refractivity contribution in [1.29, 1.82) is 0 Å². The highest BCUT2D eigenvalue weighted by molar-refractivity contribution is 5.72. The average Bonchev–Trinajstić information content (AvgIpc) is 1.82. The van der Waals surface area contributed by atoms with Gasteiger partial charge in [0.2, 0.25) is 0 Å². The van der Waals surface area contributed by atoms with Crippen molar-refractivity contribution in [2.45, 2.75) is 33.3 Å². The molecule has 0 spiro atoms. The maximum Gasteiger partial charge on any atom is 0.311 e. The van der Waals surface area contributed by atoms with E-state index in [1.165, 1.54) is 0 Å². The highest BCUT2D eigenvalue weighted by Gasteiger charge is 2.20. The molecule has 11 heavy (non-hydrogen) atoms. The fraction of sp³-hybridized carbons (Fsp3) is 0.875. The van der Waals surface area contributed by atoms with Crippen LogP contribution in [0, 0.1) is 5.92 Å². The van der Waals surface area contributed by atoms with E-state index in [9.17, 15) is 4.79 Å². The molecule has 0 radical (unpaired) electrons. The van der Waals surface area contributed by atoms with E-state index in [1.807, 2.05) is 0 Å². The lowest BCUT2D eigenvalue weighted by molar-refractivity contribution is -0.160. The minimum Gasteiger partial charge on any atom is -0.460 e. The summed E-state index contributed by atoms with van der Waals surface area (Å²) >= 11 is 0. The SMILES string of the molecule is C[C@H](CO)C(=O)OC(C)(C)C. The third kappa shape index (κ3) is 4.79. The van der Waals surface area contributed by atoms with Crippen LogP contribution in [0.5, 0.6) is 0 Å². The van der Waals surface area contributed by atoms with Gasteiger partial charge in [-0.05, 0) is 27.7 Å². The predicted octanol–water partition coefficient (Wildman–Crippen LogP) is 0.956. The molecule has 0 aliphatic heterocycles. The Morgan fingerprint density at radius 3 is 2.27 bits per heavy atom. The molecule has 3 nitrogen and oxygen atoms in total. The van der Waals surface area contributed by atoms with Crippen LogP contribution in [0.15, 0.2) is 0 Å². The number of carbonyl (C=O) groups excluding carboxylic acids is 1. The molecular weight excluding hydrogens is 144 g/mol. The number of hydrogen-bond acceptors (Lipinski definition) is 3. The second kappa shape index (κ2) is 3.72. The van der Waals surface area contributed by atoms with Gasteiger partial charge in [-0.15, -0.1) is 0 Å². The fourth-order valence-electron chi connectivity index (χ4n) is 0.477. The summed E-state index contributed by atoms with van der Waals surface area (Å²) in [5, 5.41) is 8.60. The van der Waals surface area contributed by atoms with Gasteiger partial charge in [0.25, 0.3) is 0 Å². The molecule has 66 valence electrons. The van der Waals surface area contributed by atoms with E-state index < -0.39 is 11.5 Å². The van der Waals surface area contributed by atoms with E-state index in [2.05, 4.69) is 0 Å². The van der Waals surface area contributed by atoms with Crippen molar-refractivity contribution < 1.29 is 14.6 Å². The van der Waals surface area contributed by atoms with Gasteiger partial charge in [0, 0.05) is 0 Å². The quantitative estimate of drug-likeness (QED) is 0.612. The molecule has 0 heterocycles. The Morgan fingerprint density at radius 2 is 2.00 bits per heavy atom. The lowest BCUT2D eigenvalue weighted by Crippen LogP contribution is -2.28. The van der Waals surface area contributed by atoms with Gasteiger partial charge in [-0.3, -0.25) is 4.79 Å². The van der Waals surface area contributed by atoms with Crippen molar-refractivity contribution in [3.05, 3.63) is 0 Å². The summed E-state index contributed by atoms with van der Waals surface area (Å²) in [6, 6.07) is 0. The van der Waals surface area contributed by atoms with Crippen molar-refractivity contribution in [3.8, 4) is 0 Å². The zero-order valence-corrected chi connectivity index (χ0v) is 7.55. The minimum atomic E-state index is -0.458. The maximum absolute atomic E-state index is 11.0. The van der Waals surface area contributed by atoms with Gasteiger partial charge in [0.05, 0.1) is 12.5 Å². The van der Waals surface area contributed by atoms with E-state index >= 15 is 0 Å². The number of hydrogen-bond donors (Lipinski definition) is 1. The molecule has 0 amide bonds. The summed E-state index contributed by atoms with van der Waals surface area (Å²) in [7, 11) is 0. The summed E-state index contributed by atoms with van der Waals surface area (Å²) in [6.07, 6.45) is 0. The second-order valence-electron chi connectivity index (χ2n) is 3.62. The van der Waals surface area contributed by atoms with E-state index in [-0.39, 0.29) is 12.6 Å². The molecule has 0 aliphatic carbocycles. The second-order valence-corrected chi connectivity index (χ2v) is 3.62. The molecule has 0 unspecified atom stereocenters. The largest absolute Gasteiger partial charge is 0.460 e. The summed E-state index contributed by atoms with van der Waals surface area (Å²) in [5.41, 5.74) is -0.458. The number of aliphatic hydroxyl groups is 1. The monoisotopic (exact) mass is 160 g/mol. The first-order valence-electron chi connectivity index (χ1n) is 3.70. The molecule has 0 saturated carbocycles. The van der Waals surface area contributed by atoms with Crippen LogP contribution in [0.2, 0.25) is 0 Å². The molecule has 0 saturated heterocycles. The Morgan fingerprint density at radius 1 is 1.55 bits per heavy atom. The van der Waals surface area contributed by atoms with Crippen molar-refractivity contribution in [3.63, 3.8) is 0 Å². The fourth-order valence-corrected chi connectivity index (χ4v) is 0.477. The van der Waals surface area contributed by atoms with Gasteiger partial charge >= 0.3 is 5.97 Å². The number of ether oxygens (including phenoxy) is 1. The predicted molar refractivity (Wildman–Crippen MR) is 42.1 cm³/mol. The average molecular weight is 160 g/mol. The zero-order chi connectivity index (χ0) is 9.07. The van der Waals surface area contributed by atoms with E-state index in [1.54, 1.807) is 27.7 Å². The third-order valence-electron chi connectivity index (χ3n) is 1.08.